The van der Waals surface area contributed by atoms with Gasteiger partial charge in [0.25, 0.3) is 0 Å². The van der Waals surface area contributed by atoms with Gasteiger partial charge in [0.1, 0.15) is 0 Å². The first-order chi connectivity index (χ1) is 13.6. The Kier molecular flexibility index (Phi) is 5.34. The third-order valence-electron chi connectivity index (χ3n) is 5.10. The van der Waals surface area contributed by atoms with E-state index in [1.54, 1.807) is 6.07 Å². The van der Waals surface area contributed by atoms with Crippen LogP contribution in [0.4, 0.5) is 11.4 Å². The Morgan fingerprint density at radius 3 is 2.43 bits per heavy atom. The topological polar surface area (TPSA) is 62.8 Å². The van der Waals surface area contributed by atoms with Crippen molar-refractivity contribution in [2.24, 2.45) is 5.92 Å². The predicted octanol–water partition coefficient (Wildman–Crippen LogP) is 3.77. The number of carbonyl (C=O) groups excluding carboxylic acids is 1. The van der Waals surface area contributed by atoms with Crippen LogP contribution in [0.2, 0.25) is 0 Å². The molecule has 2 aromatic rings. The van der Waals surface area contributed by atoms with Crippen molar-refractivity contribution < 1.29 is 14.3 Å². The fourth-order valence-corrected chi connectivity index (χ4v) is 3.70. The van der Waals surface area contributed by atoms with Crippen molar-refractivity contribution in [3.05, 3.63) is 48.0 Å². The second-order valence-electron chi connectivity index (χ2n) is 7.11. The van der Waals surface area contributed by atoms with Crippen LogP contribution in [0.15, 0.2) is 42.5 Å². The largest absolute Gasteiger partial charge is 0.454 e. The first-order valence-corrected chi connectivity index (χ1v) is 9.82. The van der Waals surface area contributed by atoms with Crippen molar-refractivity contribution in [2.75, 3.05) is 30.5 Å². The molecule has 28 heavy (non-hydrogen) atoms. The van der Waals surface area contributed by atoms with Crippen molar-refractivity contribution in [1.82, 2.24) is 4.90 Å². The van der Waals surface area contributed by atoms with Crippen LogP contribution in [0.5, 0.6) is 11.5 Å². The highest BCUT2D eigenvalue weighted by atomic mass is 32.1. The van der Waals surface area contributed by atoms with Crippen LogP contribution in [0.3, 0.4) is 0 Å². The Bertz CT molecular complexity index is 877. The number of carbonyl (C=O) groups is 1. The first kappa shape index (κ1) is 18.6. The van der Waals surface area contributed by atoms with E-state index in [2.05, 4.69) is 34.6 Å². The SMILES string of the molecule is Cc1ccc(NC(=S)N2CCC(C(=O)Nc3ccc4c(c3)OCO4)CC2)cc1. The minimum Gasteiger partial charge on any atom is -0.454 e. The molecule has 1 fully saturated rings. The molecule has 0 radical (unpaired) electrons. The lowest BCUT2D eigenvalue weighted by Crippen LogP contribution is -2.43. The van der Waals surface area contributed by atoms with Gasteiger partial charge in [0.15, 0.2) is 16.6 Å². The summed E-state index contributed by atoms with van der Waals surface area (Å²) in [6.07, 6.45) is 1.54. The molecule has 0 aromatic heterocycles. The Hall–Kier alpha value is -2.80. The number of ether oxygens (including phenoxy) is 2. The number of likely N-dealkylation sites (tertiary alicyclic amines) is 1. The standard InChI is InChI=1S/C21H23N3O3S/c1-14-2-4-16(5-3-14)23-21(28)24-10-8-15(9-11-24)20(25)22-17-6-7-18-19(12-17)27-13-26-18/h2-7,12,15H,8-11,13H2,1H3,(H,22,25)(H,23,28). The number of piperidine rings is 1. The number of amides is 1. The molecule has 6 nitrogen and oxygen atoms in total. The summed E-state index contributed by atoms with van der Waals surface area (Å²) < 4.78 is 10.7. The molecule has 2 aliphatic rings. The first-order valence-electron chi connectivity index (χ1n) is 9.41. The molecule has 1 saturated heterocycles. The Morgan fingerprint density at radius 1 is 1.00 bits per heavy atom. The molecule has 4 rings (SSSR count). The average molecular weight is 398 g/mol. The fourth-order valence-electron chi connectivity index (χ4n) is 3.40. The zero-order chi connectivity index (χ0) is 19.5. The van der Waals surface area contributed by atoms with Gasteiger partial charge in [0.2, 0.25) is 12.7 Å². The van der Waals surface area contributed by atoms with Gasteiger partial charge >= 0.3 is 0 Å². The highest BCUT2D eigenvalue weighted by Crippen LogP contribution is 2.34. The summed E-state index contributed by atoms with van der Waals surface area (Å²) in [6.45, 7) is 3.80. The number of hydrogen-bond donors (Lipinski definition) is 2. The van der Waals surface area contributed by atoms with Gasteiger partial charge in [-0.1, -0.05) is 17.7 Å². The van der Waals surface area contributed by atoms with Crippen LogP contribution in [0.25, 0.3) is 0 Å². The highest BCUT2D eigenvalue weighted by molar-refractivity contribution is 7.80. The van der Waals surface area contributed by atoms with Gasteiger partial charge in [-0.15, -0.1) is 0 Å². The number of hydrogen-bond acceptors (Lipinski definition) is 4. The monoisotopic (exact) mass is 397 g/mol. The number of fused-ring (bicyclic) bond motifs is 1. The molecule has 0 atom stereocenters. The van der Waals surface area contributed by atoms with Crippen LogP contribution in [0, 0.1) is 12.8 Å². The summed E-state index contributed by atoms with van der Waals surface area (Å²) >= 11 is 5.53. The van der Waals surface area contributed by atoms with E-state index in [0.29, 0.717) is 16.6 Å². The molecule has 0 spiro atoms. The normalized spacial score (nSPS) is 16.0. The Labute approximate surface area is 169 Å². The van der Waals surface area contributed by atoms with Gasteiger partial charge in [-0.25, -0.2) is 0 Å². The highest BCUT2D eigenvalue weighted by Gasteiger charge is 2.26. The van der Waals surface area contributed by atoms with Crippen molar-refractivity contribution in [1.29, 1.82) is 0 Å². The van der Waals surface area contributed by atoms with Crippen LogP contribution in [-0.4, -0.2) is 35.8 Å². The molecule has 0 unspecified atom stereocenters. The van der Waals surface area contributed by atoms with E-state index in [4.69, 9.17) is 21.7 Å². The van der Waals surface area contributed by atoms with Crippen molar-refractivity contribution in [2.45, 2.75) is 19.8 Å². The van der Waals surface area contributed by atoms with Gasteiger partial charge < -0.3 is 25.0 Å². The average Bonchev–Trinajstić information content (AvgIpc) is 3.17. The molecule has 0 aliphatic carbocycles. The van der Waals surface area contributed by atoms with Gasteiger partial charge in [-0.05, 0) is 56.2 Å². The summed E-state index contributed by atoms with van der Waals surface area (Å²) in [5, 5.41) is 6.97. The van der Waals surface area contributed by atoms with Crippen molar-refractivity contribution >= 4 is 34.6 Å². The Morgan fingerprint density at radius 2 is 1.68 bits per heavy atom. The molecule has 2 aromatic carbocycles. The maximum Gasteiger partial charge on any atom is 0.231 e. The van der Waals surface area contributed by atoms with Crippen molar-refractivity contribution in [3.8, 4) is 11.5 Å². The number of anilines is 2. The van der Waals surface area contributed by atoms with E-state index in [9.17, 15) is 4.79 Å². The zero-order valence-corrected chi connectivity index (χ0v) is 16.6. The number of nitrogens with zero attached hydrogens (tertiary/aromatic N) is 1. The van der Waals surface area contributed by atoms with E-state index in [1.165, 1.54) is 5.56 Å². The van der Waals surface area contributed by atoms with Gasteiger partial charge in [-0.3, -0.25) is 4.79 Å². The van der Waals surface area contributed by atoms with Crippen LogP contribution in [0.1, 0.15) is 18.4 Å². The van der Waals surface area contributed by atoms with E-state index < -0.39 is 0 Å². The minimum absolute atomic E-state index is 0.0242. The lowest BCUT2D eigenvalue weighted by atomic mass is 9.96. The number of rotatable bonds is 3. The predicted molar refractivity (Wildman–Crippen MR) is 113 cm³/mol. The fraction of sp³-hybridized carbons (Fsp3) is 0.333. The Balaban J connectivity index is 1.28. The summed E-state index contributed by atoms with van der Waals surface area (Å²) in [5.74, 6) is 1.39. The summed E-state index contributed by atoms with van der Waals surface area (Å²) in [5.41, 5.74) is 2.93. The van der Waals surface area contributed by atoms with Gasteiger partial charge in [-0.2, -0.15) is 0 Å². The molecule has 2 heterocycles. The van der Waals surface area contributed by atoms with E-state index >= 15 is 0 Å². The number of benzene rings is 2. The molecular formula is C21H23N3O3S. The van der Waals surface area contributed by atoms with E-state index in [1.807, 2.05) is 24.3 Å². The maximum absolute atomic E-state index is 12.6. The molecule has 0 saturated carbocycles. The molecule has 0 bridgehead atoms. The zero-order valence-electron chi connectivity index (χ0n) is 15.7. The van der Waals surface area contributed by atoms with Crippen molar-refractivity contribution in [3.63, 3.8) is 0 Å². The summed E-state index contributed by atoms with van der Waals surface area (Å²) in [6, 6.07) is 13.6. The lowest BCUT2D eigenvalue weighted by molar-refractivity contribution is -0.120. The van der Waals surface area contributed by atoms with Crippen LogP contribution < -0.4 is 20.1 Å². The quantitative estimate of drug-likeness (QED) is 0.769. The molecule has 7 heteroatoms. The molecule has 2 aliphatic heterocycles. The molecular weight excluding hydrogens is 374 g/mol. The van der Waals surface area contributed by atoms with Gasteiger partial charge in [0, 0.05) is 36.4 Å². The summed E-state index contributed by atoms with van der Waals surface area (Å²) in [7, 11) is 0. The lowest BCUT2D eigenvalue weighted by Gasteiger charge is -2.33. The number of aryl methyl sites for hydroxylation is 1. The van der Waals surface area contributed by atoms with Crippen LogP contribution in [-0.2, 0) is 4.79 Å². The third-order valence-corrected chi connectivity index (χ3v) is 5.46. The van der Waals surface area contributed by atoms with E-state index in [0.717, 1.165) is 37.3 Å². The maximum atomic E-state index is 12.6. The second-order valence-corrected chi connectivity index (χ2v) is 7.50. The molecule has 146 valence electrons. The summed E-state index contributed by atoms with van der Waals surface area (Å²) in [4.78, 5) is 14.7. The number of thiocarbonyl (C=S) groups is 1. The number of nitrogens with one attached hydrogen (secondary N) is 2. The van der Waals surface area contributed by atoms with Crippen LogP contribution >= 0.6 is 12.2 Å². The molecule has 2 N–H and O–H groups in total. The third kappa shape index (κ3) is 4.20. The smallest absolute Gasteiger partial charge is 0.231 e. The molecule has 1 amide bonds. The van der Waals surface area contributed by atoms with Gasteiger partial charge in [0.05, 0.1) is 0 Å². The second kappa shape index (κ2) is 8.06. The van der Waals surface area contributed by atoms with E-state index in [-0.39, 0.29) is 18.6 Å². The minimum atomic E-state index is -0.0242.